The number of rotatable bonds is 9. The van der Waals surface area contributed by atoms with Crippen molar-refractivity contribution in [3.63, 3.8) is 0 Å². The van der Waals surface area contributed by atoms with Crippen molar-refractivity contribution >= 4 is 11.8 Å². The predicted molar refractivity (Wildman–Crippen MR) is 63.3 cm³/mol. The van der Waals surface area contributed by atoms with Crippen molar-refractivity contribution in [1.29, 1.82) is 0 Å². The van der Waals surface area contributed by atoms with Crippen molar-refractivity contribution < 1.29 is 19.1 Å². The lowest BCUT2D eigenvalue weighted by Gasteiger charge is -2.20. The Balaban J connectivity index is 4.00. The fraction of sp³-hybridized carbons (Fsp3) is 0.818. The molecule has 0 radical (unpaired) electrons. The Kier molecular flexibility index (Phi) is 8.35. The zero-order valence-corrected chi connectivity index (χ0v) is 10.7. The SMILES string of the molecule is CC[C@H](C)[C@@H](NC(=O)COCCOC)C(N)=O. The summed E-state index contributed by atoms with van der Waals surface area (Å²) in [6.07, 6.45) is 0.762. The van der Waals surface area contributed by atoms with Crippen LogP contribution in [0, 0.1) is 5.92 Å². The van der Waals surface area contributed by atoms with Crippen LogP contribution in [0.15, 0.2) is 0 Å². The highest BCUT2D eigenvalue weighted by atomic mass is 16.5. The third-order valence-corrected chi connectivity index (χ3v) is 2.50. The van der Waals surface area contributed by atoms with E-state index in [1.54, 1.807) is 7.11 Å². The molecule has 100 valence electrons. The van der Waals surface area contributed by atoms with E-state index in [9.17, 15) is 9.59 Å². The van der Waals surface area contributed by atoms with Gasteiger partial charge in [0.2, 0.25) is 11.8 Å². The maximum atomic E-state index is 11.5. The Hall–Kier alpha value is -1.14. The van der Waals surface area contributed by atoms with Gasteiger partial charge in [-0.3, -0.25) is 9.59 Å². The second-order valence-electron chi connectivity index (χ2n) is 3.88. The van der Waals surface area contributed by atoms with E-state index in [2.05, 4.69) is 5.32 Å². The molecule has 3 N–H and O–H groups in total. The van der Waals surface area contributed by atoms with Gasteiger partial charge in [-0.1, -0.05) is 20.3 Å². The van der Waals surface area contributed by atoms with Crippen molar-refractivity contribution in [1.82, 2.24) is 5.32 Å². The first-order valence-electron chi connectivity index (χ1n) is 5.68. The molecule has 0 aliphatic rings. The summed E-state index contributed by atoms with van der Waals surface area (Å²) in [4.78, 5) is 22.6. The molecule has 0 saturated heterocycles. The summed E-state index contributed by atoms with van der Waals surface area (Å²) >= 11 is 0. The van der Waals surface area contributed by atoms with Crippen molar-refractivity contribution in [2.75, 3.05) is 26.9 Å². The average molecular weight is 246 g/mol. The highest BCUT2D eigenvalue weighted by molar-refractivity contribution is 5.87. The normalized spacial score (nSPS) is 14.1. The van der Waals surface area contributed by atoms with Gasteiger partial charge >= 0.3 is 0 Å². The van der Waals surface area contributed by atoms with Gasteiger partial charge in [0.15, 0.2) is 0 Å². The summed E-state index contributed by atoms with van der Waals surface area (Å²) < 4.78 is 9.81. The molecule has 2 amide bonds. The van der Waals surface area contributed by atoms with E-state index >= 15 is 0 Å². The Labute approximate surface area is 102 Å². The van der Waals surface area contributed by atoms with E-state index in [-0.39, 0.29) is 18.4 Å². The van der Waals surface area contributed by atoms with Crippen LogP contribution in [0.3, 0.4) is 0 Å². The van der Waals surface area contributed by atoms with E-state index in [1.807, 2.05) is 13.8 Å². The fourth-order valence-corrected chi connectivity index (χ4v) is 1.25. The Morgan fingerprint density at radius 1 is 1.35 bits per heavy atom. The standard InChI is InChI=1S/C11H22N2O4/c1-4-8(2)10(11(12)15)13-9(14)7-17-6-5-16-3/h8,10H,4-7H2,1-3H3,(H2,12,15)(H,13,14)/t8-,10+/m0/s1. The van der Waals surface area contributed by atoms with Gasteiger partial charge in [-0.15, -0.1) is 0 Å². The lowest BCUT2D eigenvalue weighted by atomic mass is 9.99. The average Bonchev–Trinajstić information content (AvgIpc) is 2.30. The molecule has 0 bridgehead atoms. The number of methoxy groups -OCH3 is 1. The molecular formula is C11H22N2O4. The highest BCUT2D eigenvalue weighted by Gasteiger charge is 2.23. The molecule has 0 fully saturated rings. The summed E-state index contributed by atoms with van der Waals surface area (Å²) in [5.41, 5.74) is 5.22. The van der Waals surface area contributed by atoms with Crippen molar-refractivity contribution in [2.45, 2.75) is 26.3 Å². The lowest BCUT2D eigenvalue weighted by molar-refractivity contribution is -0.131. The monoisotopic (exact) mass is 246 g/mol. The van der Waals surface area contributed by atoms with Crippen LogP contribution in [0.25, 0.3) is 0 Å². The van der Waals surface area contributed by atoms with Crippen LogP contribution in [-0.2, 0) is 19.1 Å². The Morgan fingerprint density at radius 3 is 2.47 bits per heavy atom. The number of primary amides is 1. The third-order valence-electron chi connectivity index (χ3n) is 2.50. The number of hydrogen-bond donors (Lipinski definition) is 2. The van der Waals surface area contributed by atoms with Gasteiger partial charge in [0, 0.05) is 7.11 Å². The summed E-state index contributed by atoms with van der Waals surface area (Å²) in [6.45, 7) is 4.47. The molecule has 0 heterocycles. The zero-order valence-electron chi connectivity index (χ0n) is 10.7. The van der Waals surface area contributed by atoms with Crippen LogP contribution in [-0.4, -0.2) is 44.8 Å². The maximum Gasteiger partial charge on any atom is 0.246 e. The van der Waals surface area contributed by atoms with Gasteiger partial charge in [-0.05, 0) is 5.92 Å². The number of nitrogens with one attached hydrogen (secondary N) is 1. The van der Waals surface area contributed by atoms with E-state index in [4.69, 9.17) is 15.2 Å². The minimum absolute atomic E-state index is 0.00965. The van der Waals surface area contributed by atoms with Crippen LogP contribution >= 0.6 is 0 Å². The van der Waals surface area contributed by atoms with E-state index in [1.165, 1.54) is 0 Å². The molecule has 6 heteroatoms. The predicted octanol–water partition coefficient (Wildman–Crippen LogP) is -0.334. The summed E-state index contributed by atoms with van der Waals surface area (Å²) in [6, 6.07) is -0.640. The number of nitrogens with two attached hydrogens (primary N) is 1. The first-order chi connectivity index (χ1) is 8.02. The van der Waals surface area contributed by atoms with Gasteiger partial charge in [-0.2, -0.15) is 0 Å². The van der Waals surface area contributed by atoms with Crippen LogP contribution in [0.4, 0.5) is 0 Å². The minimum atomic E-state index is -0.640. The van der Waals surface area contributed by atoms with E-state index < -0.39 is 11.9 Å². The second-order valence-corrected chi connectivity index (χ2v) is 3.88. The molecule has 0 aromatic carbocycles. The molecule has 0 aromatic rings. The molecule has 2 atom stereocenters. The fourth-order valence-electron chi connectivity index (χ4n) is 1.25. The van der Waals surface area contributed by atoms with Crippen LogP contribution in [0.2, 0.25) is 0 Å². The van der Waals surface area contributed by atoms with Gasteiger partial charge in [0.05, 0.1) is 13.2 Å². The summed E-state index contributed by atoms with van der Waals surface area (Å²) in [7, 11) is 1.55. The molecule has 0 spiro atoms. The van der Waals surface area contributed by atoms with Gasteiger partial charge in [-0.25, -0.2) is 0 Å². The van der Waals surface area contributed by atoms with Crippen LogP contribution in [0.1, 0.15) is 20.3 Å². The first-order valence-corrected chi connectivity index (χ1v) is 5.68. The third kappa shape index (κ3) is 6.91. The number of ether oxygens (including phenoxy) is 2. The Morgan fingerprint density at radius 2 is 2.00 bits per heavy atom. The van der Waals surface area contributed by atoms with Crippen LogP contribution < -0.4 is 11.1 Å². The van der Waals surface area contributed by atoms with Crippen molar-refractivity contribution in [3.05, 3.63) is 0 Å². The number of hydrogen-bond acceptors (Lipinski definition) is 4. The molecule has 0 aliphatic carbocycles. The number of carbonyl (C=O) groups is 2. The van der Waals surface area contributed by atoms with Crippen molar-refractivity contribution in [3.8, 4) is 0 Å². The van der Waals surface area contributed by atoms with Gasteiger partial charge < -0.3 is 20.5 Å². The van der Waals surface area contributed by atoms with Gasteiger partial charge in [0.25, 0.3) is 0 Å². The zero-order chi connectivity index (χ0) is 13.3. The number of amides is 2. The molecular weight excluding hydrogens is 224 g/mol. The molecule has 6 nitrogen and oxygen atoms in total. The summed E-state index contributed by atoms with van der Waals surface area (Å²) in [5, 5.41) is 2.56. The maximum absolute atomic E-state index is 11.5. The molecule has 0 aromatic heterocycles. The summed E-state index contributed by atoms with van der Waals surface area (Å²) in [5.74, 6) is -0.856. The molecule has 0 rings (SSSR count). The second kappa shape index (κ2) is 8.95. The van der Waals surface area contributed by atoms with E-state index in [0.29, 0.717) is 13.2 Å². The lowest BCUT2D eigenvalue weighted by Crippen LogP contribution is -2.49. The smallest absolute Gasteiger partial charge is 0.246 e. The Bertz CT molecular complexity index is 246. The molecule has 0 saturated carbocycles. The molecule has 17 heavy (non-hydrogen) atoms. The quantitative estimate of drug-likeness (QED) is 0.545. The number of carbonyl (C=O) groups excluding carboxylic acids is 2. The minimum Gasteiger partial charge on any atom is -0.382 e. The largest absolute Gasteiger partial charge is 0.382 e. The first kappa shape index (κ1) is 15.9. The highest BCUT2D eigenvalue weighted by Crippen LogP contribution is 2.06. The molecule has 0 aliphatic heterocycles. The van der Waals surface area contributed by atoms with E-state index in [0.717, 1.165) is 6.42 Å². The van der Waals surface area contributed by atoms with Crippen LogP contribution in [0.5, 0.6) is 0 Å². The van der Waals surface area contributed by atoms with Crippen molar-refractivity contribution in [2.24, 2.45) is 11.7 Å². The molecule has 0 unspecified atom stereocenters. The topological polar surface area (TPSA) is 90.7 Å². The van der Waals surface area contributed by atoms with Gasteiger partial charge in [0.1, 0.15) is 12.6 Å².